The number of nitrogens with zero attached hydrogens (tertiary/aromatic N) is 5. The summed E-state index contributed by atoms with van der Waals surface area (Å²) in [5, 5.41) is 8.06. The molecule has 0 radical (unpaired) electrons. The van der Waals surface area contributed by atoms with Crippen molar-refractivity contribution < 1.29 is 62.1 Å². The predicted octanol–water partition coefficient (Wildman–Crippen LogP) is 5.68. The molecule has 7 rings (SSSR count). The molecule has 0 aromatic heterocycles. The van der Waals surface area contributed by atoms with Crippen molar-refractivity contribution >= 4 is 47.7 Å². The number of rotatable bonds is 13. The number of esters is 1. The number of nitrogens with one attached hydrogen (secondary N) is 2. The number of carbonyl (C=O) groups is 8. The number of hydroxylamine groups is 2. The summed E-state index contributed by atoms with van der Waals surface area (Å²) in [6, 6.07) is 26.6. The molecule has 20 nitrogen and oxygen atoms in total. The molecule has 410 valence electrons. The van der Waals surface area contributed by atoms with E-state index in [1.54, 1.807) is 112 Å². The van der Waals surface area contributed by atoms with Gasteiger partial charge in [0.1, 0.15) is 50.1 Å². The highest BCUT2D eigenvalue weighted by Gasteiger charge is 2.50. The maximum Gasteiger partial charge on any atom is 0.429 e. The van der Waals surface area contributed by atoms with Crippen LogP contribution in [-0.4, -0.2) is 141 Å². The van der Waals surface area contributed by atoms with Crippen molar-refractivity contribution in [2.75, 3.05) is 20.1 Å². The molecule has 20 heteroatoms. The van der Waals surface area contributed by atoms with Gasteiger partial charge in [0, 0.05) is 20.1 Å². The lowest BCUT2D eigenvalue weighted by Gasteiger charge is -2.46. The van der Waals surface area contributed by atoms with Gasteiger partial charge in [0.2, 0.25) is 17.7 Å². The predicted molar refractivity (Wildman–Crippen MR) is 279 cm³/mol. The number of ether oxygens (including phenoxy) is 4. The van der Waals surface area contributed by atoms with E-state index >= 15 is 14.4 Å². The molecule has 3 aliphatic heterocycles. The van der Waals surface area contributed by atoms with E-state index in [0.29, 0.717) is 23.1 Å². The summed E-state index contributed by atoms with van der Waals surface area (Å²) in [5.41, 5.74) is 2.61. The Labute approximate surface area is 448 Å². The van der Waals surface area contributed by atoms with E-state index in [9.17, 15) is 24.0 Å². The second-order valence-electron chi connectivity index (χ2n) is 19.7. The molecule has 3 aliphatic rings. The van der Waals surface area contributed by atoms with Crippen molar-refractivity contribution in [1.29, 1.82) is 0 Å². The molecule has 1 unspecified atom stereocenters. The van der Waals surface area contributed by atoms with Crippen molar-refractivity contribution in [2.45, 2.75) is 135 Å². The van der Waals surface area contributed by atoms with Crippen LogP contribution in [0.4, 0.5) is 9.59 Å². The highest BCUT2D eigenvalue weighted by molar-refractivity contribution is 5.97. The summed E-state index contributed by atoms with van der Waals surface area (Å²) in [6.07, 6.45) is -4.17. The number of fused-ring (bicyclic) bond motifs is 2. The molecule has 2 N–H and O–H groups in total. The molecule has 0 saturated carbocycles. The molecule has 0 spiro atoms. The number of amides is 7. The third kappa shape index (κ3) is 14.4. The van der Waals surface area contributed by atoms with Crippen LogP contribution in [0.15, 0.2) is 121 Å². The molecule has 77 heavy (non-hydrogen) atoms. The van der Waals surface area contributed by atoms with Crippen LogP contribution in [-0.2, 0) is 79.0 Å². The largest absolute Gasteiger partial charge is 0.458 e. The first-order chi connectivity index (χ1) is 37.0. The Morgan fingerprint density at radius 2 is 1.16 bits per heavy atom. The molecule has 4 aromatic carbocycles. The Morgan fingerprint density at radius 3 is 1.73 bits per heavy atom. The molecule has 0 aliphatic carbocycles. The van der Waals surface area contributed by atoms with Gasteiger partial charge in [0.25, 0.3) is 11.8 Å². The van der Waals surface area contributed by atoms with Crippen LogP contribution < -0.4 is 10.6 Å². The fourth-order valence-electron chi connectivity index (χ4n) is 9.46. The van der Waals surface area contributed by atoms with Gasteiger partial charge in [-0.1, -0.05) is 135 Å². The lowest BCUT2D eigenvalue weighted by Crippen LogP contribution is -2.68. The number of hydrogen-bond donors (Lipinski definition) is 2. The van der Waals surface area contributed by atoms with Crippen LogP contribution in [0.3, 0.4) is 0 Å². The van der Waals surface area contributed by atoms with Crippen molar-refractivity contribution in [3.8, 4) is 0 Å². The third-order valence-corrected chi connectivity index (χ3v) is 14.0. The zero-order chi connectivity index (χ0) is 55.2. The maximum absolute atomic E-state index is 16.0. The van der Waals surface area contributed by atoms with E-state index in [1.807, 2.05) is 30.3 Å². The molecule has 0 bridgehead atoms. The minimum absolute atomic E-state index is 0.0161. The fraction of sp³-hybridized carbons (Fsp3) is 0.439. The number of benzene rings is 4. The van der Waals surface area contributed by atoms with E-state index in [2.05, 4.69) is 10.6 Å². The first kappa shape index (κ1) is 56.9. The summed E-state index contributed by atoms with van der Waals surface area (Å²) in [4.78, 5) is 128. The Balaban J connectivity index is 1.36. The Kier molecular flexibility index (Phi) is 19.8. The zero-order valence-electron chi connectivity index (χ0n) is 44.4. The summed E-state index contributed by atoms with van der Waals surface area (Å²) in [5.74, 6) is -5.93. The summed E-state index contributed by atoms with van der Waals surface area (Å²) in [6.45, 7) is 7.06. The Morgan fingerprint density at radius 1 is 0.636 bits per heavy atom. The highest BCUT2D eigenvalue weighted by atomic mass is 16.7. The number of alkyl carbamates (subject to hydrolysis) is 1. The lowest BCUT2D eigenvalue weighted by atomic mass is 9.96. The van der Waals surface area contributed by atoms with Gasteiger partial charge >= 0.3 is 18.2 Å². The summed E-state index contributed by atoms with van der Waals surface area (Å²) >= 11 is 0. The van der Waals surface area contributed by atoms with Gasteiger partial charge in [-0.3, -0.25) is 28.8 Å². The maximum atomic E-state index is 16.0. The van der Waals surface area contributed by atoms with Gasteiger partial charge in [-0.15, -0.1) is 0 Å². The monoisotopic (exact) mass is 1060 g/mol. The highest BCUT2D eigenvalue weighted by Crippen LogP contribution is 2.29. The van der Waals surface area contributed by atoms with Gasteiger partial charge in [0.05, 0.1) is 12.7 Å². The van der Waals surface area contributed by atoms with Crippen LogP contribution in [0.5, 0.6) is 0 Å². The zero-order valence-corrected chi connectivity index (χ0v) is 44.4. The van der Waals surface area contributed by atoms with Gasteiger partial charge in [-0.05, 0) is 74.6 Å². The second kappa shape index (κ2) is 26.8. The van der Waals surface area contributed by atoms with Crippen LogP contribution in [0, 0.1) is 5.92 Å². The average Bonchev–Trinajstić information content (AvgIpc) is 3.98. The number of carbonyl (C=O) groups excluding carboxylic acids is 8. The topological polar surface area (TPSA) is 223 Å². The van der Waals surface area contributed by atoms with Crippen molar-refractivity contribution in [2.24, 2.45) is 5.92 Å². The number of likely N-dealkylation sites (N-methyl/N-ethyl adjacent to an activating group) is 1. The molecule has 8 atom stereocenters. The van der Waals surface area contributed by atoms with Gasteiger partial charge in [0.15, 0.2) is 12.1 Å². The SMILES string of the molecule is CC(C)[C@@H]1OC(=O)C([C@H](C)OCc2ccccc2)NC(=O)[C@@H]2CCCN2C(=O)[C@@H](C)N(C)C(=O)[C@H](C)N(OCc2ccccc2)C(=O)[C@H]2CCCN(C(=O)OCc3ccccc3)N2C(=O)[C@H]1NC(=O)OCc1ccccc1. The number of hydrogen-bond acceptors (Lipinski definition) is 13. The van der Waals surface area contributed by atoms with E-state index in [0.717, 1.165) is 25.5 Å². The standard InChI is InChI=1S/C57H69N7O13/c1-37(2)49-48(59-56(71)74-34-42-23-13-8-14-24-42)54(69)63-46(30-20-32-62(63)57(72)75-35-43-25-15-9-16-26-43)53(68)64(76-36-44-27-17-10-18-28-44)39(4)51(66)60(6)38(3)52(67)61-31-19-29-45(61)50(65)58-47(55(70)77-49)40(5)73-33-41-21-11-7-12-22-41/h7-18,21-28,37-40,45-49H,19-20,29-36H2,1-6H3,(H,58,65)(H,59,71)/t38-,39+,40+,45+,46-,47?,48+,49+/m1/s1. The second-order valence-corrected chi connectivity index (χ2v) is 19.7. The van der Waals surface area contributed by atoms with Gasteiger partial charge in [-0.25, -0.2) is 29.5 Å². The minimum Gasteiger partial charge on any atom is -0.458 e. The van der Waals surface area contributed by atoms with Crippen LogP contribution in [0.25, 0.3) is 0 Å². The van der Waals surface area contributed by atoms with Gasteiger partial charge in [-0.2, -0.15) is 0 Å². The summed E-state index contributed by atoms with van der Waals surface area (Å²) in [7, 11) is 1.40. The normalized spacial score (nSPS) is 23.5. The van der Waals surface area contributed by atoms with Gasteiger partial charge < -0.3 is 39.4 Å². The van der Waals surface area contributed by atoms with Crippen molar-refractivity contribution in [1.82, 2.24) is 35.5 Å². The van der Waals surface area contributed by atoms with Crippen LogP contribution >= 0.6 is 0 Å². The lowest BCUT2D eigenvalue weighted by molar-refractivity contribution is -0.219. The molecule has 7 amide bonds. The smallest absolute Gasteiger partial charge is 0.429 e. The Hall–Kier alpha value is -7.84. The minimum atomic E-state index is -1.91. The number of hydrazine groups is 1. The average molecular weight is 1060 g/mol. The van der Waals surface area contributed by atoms with Crippen molar-refractivity contribution in [3.63, 3.8) is 0 Å². The van der Waals surface area contributed by atoms with Crippen molar-refractivity contribution in [3.05, 3.63) is 144 Å². The number of cyclic esters (lactones) is 1. The third-order valence-electron chi connectivity index (χ3n) is 14.0. The summed E-state index contributed by atoms with van der Waals surface area (Å²) < 4.78 is 24.0. The molecule has 3 saturated heterocycles. The first-order valence-electron chi connectivity index (χ1n) is 26.1. The molecular formula is C57H69N7O13. The van der Waals surface area contributed by atoms with E-state index in [4.69, 9.17) is 23.8 Å². The quantitative estimate of drug-likeness (QED) is 0.122. The first-order valence-corrected chi connectivity index (χ1v) is 26.1. The van der Waals surface area contributed by atoms with E-state index < -0.39 is 102 Å². The molecule has 4 aromatic rings. The molecular weight excluding hydrogens is 991 g/mol. The molecule has 3 heterocycles. The fourth-order valence-corrected chi connectivity index (χ4v) is 9.46. The van der Waals surface area contributed by atoms with Crippen LogP contribution in [0.1, 0.15) is 82.6 Å². The Bertz CT molecular complexity index is 2670. The van der Waals surface area contributed by atoms with E-state index in [1.165, 1.54) is 25.8 Å². The van der Waals surface area contributed by atoms with E-state index in [-0.39, 0.29) is 58.8 Å². The van der Waals surface area contributed by atoms with Crippen LogP contribution in [0.2, 0.25) is 0 Å². The molecule has 3 fully saturated rings.